The van der Waals surface area contributed by atoms with Crippen LogP contribution in [0.15, 0.2) is 81.0 Å². The first-order chi connectivity index (χ1) is 23.9. The van der Waals surface area contributed by atoms with Gasteiger partial charge in [-0.1, -0.05) is 33.3 Å². The molecule has 2 saturated carbocycles. The van der Waals surface area contributed by atoms with E-state index in [9.17, 15) is 32.3 Å². The molecule has 0 spiro atoms. The standard InChI is InChI=1S/C35H27BrF3N3O6S2/c1-47-19-8-6-17(7-9-19)40-24(43)14-48-23-10-5-16(36)12-20(23)25-26-21-13-22(29(26)49-31-30(25)50-34(46)41-31)28-27(21)32(44)42(33(28)45)18-4-2-3-15(11-18)35(37,38)39/h2-12,21-22,25-29H,13-14H2,1H3,(H,40,43)(H,41,46)/t21-,22-,25-,26?,27?,28?,29?/m1/s1. The molecule has 7 atom stereocenters. The molecule has 3 heterocycles. The van der Waals surface area contributed by atoms with Gasteiger partial charge in [0.1, 0.15) is 11.5 Å². The van der Waals surface area contributed by atoms with Crippen molar-refractivity contribution in [2.45, 2.75) is 28.8 Å². The molecule has 3 amide bonds. The Bertz CT molecular complexity index is 2100. The van der Waals surface area contributed by atoms with Crippen molar-refractivity contribution in [2.24, 2.45) is 29.6 Å². The molecule has 2 bridgehead atoms. The number of halogens is 4. The van der Waals surface area contributed by atoms with Gasteiger partial charge in [-0.05, 0) is 84.8 Å². The minimum atomic E-state index is -4.63. The number of H-pyrrole nitrogens is 1. The van der Waals surface area contributed by atoms with E-state index in [2.05, 4.69) is 26.2 Å². The monoisotopic (exact) mass is 785 g/mol. The summed E-state index contributed by atoms with van der Waals surface area (Å²) in [6.45, 7) is -0.303. The molecule has 1 aromatic heterocycles. The molecule has 4 aromatic rings. The van der Waals surface area contributed by atoms with Gasteiger partial charge in [0, 0.05) is 31.8 Å². The number of rotatable bonds is 7. The van der Waals surface area contributed by atoms with Crippen LogP contribution in [0.3, 0.4) is 0 Å². The molecule has 4 aliphatic rings. The summed E-state index contributed by atoms with van der Waals surface area (Å²) in [5, 5.41) is 3.33. The number of aromatic nitrogens is 1. The molecule has 9 nitrogen and oxygen atoms in total. The average Bonchev–Trinajstić information content (AvgIpc) is 3.82. The predicted molar refractivity (Wildman–Crippen MR) is 184 cm³/mol. The van der Waals surface area contributed by atoms with Crippen molar-refractivity contribution < 1.29 is 37.0 Å². The van der Waals surface area contributed by atoms with Crippen molar-refractivity contribution >= 4 is 68.1 Å². The Morgan fingerprint density at radius 2 is 1.76 bits per heavy atom. The summed E-state index contributed by atoms with van der Waals surface area (Å²) < 4.78 is 52.8. The predicted octanol–water partition coefficient (Wildman–Crippen LogP) is 6.92. The second-order valence-corrected chi connectivity index (χ2v) is 15.9. The van der Waals surface area contributed by atoms with E-state index in [1.54, 1.807) is 43.5 Å². The van der Waals surface area contributed by atoms with E-state index in [-0.39, 0.29) is 46.1 Å². The van der Waals surface area contributed by atoms with Crippen LogP contribution in [0.5, 0.6) is 11.5 Å². The highest BCUT2D eigenvalue weighted by atomic mass is 79.9. The number of thioether (sulfide) groups is 1. The van der Waals surface area contributed by atoms with E-state index in [1.165, 1.54) is 23.9 Å². The van der Waals surface area contributed by atoms with Gasteiger partial charge in [-0.25, -0.2) is 0 Å². The lowest BCUT2D eigenvalue weighted by Gasteiger charge is -2.43. The summed E-state index contributed by atoms with van der Waals surface area (Å²) in [4.78, 5) is 58.1. The third-order valence-corrected chi connectivity index (χ3v) is 13.3. The Kier molecular flexibility index (Phi) is 8.14. The number of benzene rings is 3. The first-order valence-corrected chi connectivity index (χ1v) is 18.2. The molecule has 2 aliphatic heterocycles. The maximum Gasteiger partial charge on any atom is 0.416 e. The lowest BCUT2D eigenvalue weighted by atomic mass is 9.68. The fourth-order valence-corrected chi connectivity index (χ4v) is 11.6. The third kappa shape index (κ3) is 5.44. The van der Waals surface area contributed by atoms with Gasteiger partial charge in [0.05, 0.1) is 35.2 Å². The molecule has 0 radical (unpaired) electrons. The summed E-state index contributed by atoms with van der Waals surface area (Å²) in [7, 11) is 1.55. The smallest absolute Gasteiger partial charge is 0.416 e. The Morgan fingerprint density at radius 1 is 1.02 bits per heavy atom. The number of nitrogens with one attached hydrogen (secondary N) is 2. The molecule has 1 saturated heterocycles. The van der Waals surface area contributed by atoms with Crippen LogP contribution in [0.4, 0.5) is 24.5 Å². The Hall–Kier alpha value is -4.08. The summed E-state index contributed by atoms with van der Waals surface area (Å²) >= 11 is 6.15. The minimum Gasteiger partial charge on any atom is -0.497 e. The van der Waals surface area contributed by atoms with Gasteiger partial charge >= 0.3 is 11.0 Å². The SMILES string of the molecule is COc1ccc(NC(=O)COc2ccc(Br)cc2[C@H]2c3sc(=O)[nH]c3SC3C2[C@H]2C[C@@H]3C3C(=O)N(c4cccc(C(F)(F)F)c4)C(=O)C32)cc1. The molecule has 8 rings (SSSR count). The fraction of sp³-hybridized carbons (Fsp3) is 0.314. The zero-order chi connectivity index (χ0) is 35.1. The van der Waals surface area contributed by atoms with Crippen molar-refractivity contribution in [3.63, 3.8) is 0 Å². The third-order valence-electron chi connectivity index (χ3n) is 10.2. The van der Waals surface area contributed by atoms with Crippen LogP contribution in [-0.4, -0.2) is 41.7 Å². The Labute approximate surface area is 299 Å². The molecular formula is C35H27BrF3N3O6S2. The Morgan fingerprint density at radius 3 is 2.48 bits per heavy atom. The van der Waals surface area contributed by atoms with Crippen LogP contribution in [0.2, 0.25) is 0 Å². The molecule has 258 valence electrons. The minimum absolute atomic E-state index is 0.0881. The maximum atomic E-state index is 14.1. The van der Waals surface area contributed by atoms with Crippen molar-refractivity contribution in [2.75, 3.05) is 23.9 Å². The molecule has 15 heteroatoms. The summed E-state index contributed by atoms with van der Waals surface area (Å²) in [6, 6.07) is 16.6. The summed E-state index contributed by atoms with van der Waals surface area (Å²) in [5.74, 6) is -2.82. The van der Waals surface area contributed by atoms with Gasteiger partial charge < -0.3 is 19.8 Å². The second-order valence-electron chi connectivity index (χ2n) is 12.8. The normalized spacial score (nSPS) is 26.4. The number of alkyl halides is 3. The second kappa shape index (κ2) is 12.3. The summed E-state index contributed by atoms with van der Waals surface area (Å²) in [5.41, 5.74) is 0.262. The molecule has 4 unspecified atom stereocenters. The number of aromatic amines is 1. The molecule has 2 N–H and O–H groups in total. The highest BCUT2D eigenvalue weighted by Gasteiger charge is 2.70. The van der Waals surface area contributed by atoms with Gasteiger partial charge in [-0.3, -0.25) is 24.1 Å². The van der Waals surface area contributed by atoms with Crippen LogP contribution in [0, 0.1) is 29.6 Å². The van der Waals surface area contributed by atoms with Crippen molar-refractivity contribution in [3.05, 3.63) is 96.9 Å². The van der Waals surface area contributed by atoms with Crippen LogP contribution in [0.1, 0.15) is 28.3 Å². The highest BCUT2D eigenvalue weighted by molar-refractivity contribution is 9.10. The zero-order valence-electron chi connectivity index (χ0n) is 26.0. The highest BCUT2D eigenvalue weighted by Crippen LogP contribution is 2.69. The number of nitrogens with zero attached hydrogens (tertiary/aromatic N) is 1. The topological polar surface area (TPSA) is 118 Å². The van der Waals surface area contributed by atoms with Crippen LogP contribution < -0.4 is 24.6 Å². The van der Waals surface area contributed by atoms with Gasteiger partial charge in [-0.15, -0.1) is 11.8 Å². The van der Waals surface area contributed by atoms with Gasteiger partial charge in [0.2, 0.25) is 11.8 Å². The largest absolute Gasteiger partial charge is 0.497 e. The number of carbonyl (C=O) groups is 3. The van der Waals surface area contributed by atoms with E-state index < -0.39 is 41.3 Å². The number of methoxy groups -OCH3 is 1. The van der Waals surface area contributed by atoms with E-state index in [4.69, 9.17) is 9.47 Å². The average molecular weight is 787 g/mol. The lowest BCUT2D eigenvalue weighted by molar-refractivity contribution is -0.137. The number of anilines is 2. The van der Waals surface area contributed by atoms with Crippen molar-refractivity contribution in [1.82, 2.24) is 4.98 Å². The van der Waals surface area contributed by atoms with Gasteiger partial charge in [-0.2, -0.15) is 13.2 Å². The number of hydrogen-bond donors (Lipinski definition) is 2. The lowest BCUT2D eigenvalue weighted by Crippen LogP contribution is -2.42. The molecular weight excluding hydrogens is 759 g/mol. The number of imide groups is 1. The molecule has 50 heavy (non-hydrogen) atoms. The van der Waals surface area contributed by atoms with E-state index in [0.717, 1.165) is 43.3 Å². The summed E-state index contributed by atoms with van der Waals surface area (Å²) in [6.07, 6.45) is -4.04. The number of carbonyl (C=O) groups excluding carboxylic acids is 3. The van der Waals surface area contributed by atoms with Crippen LogP contribution in [0.25, 0.3) is 0 Å². The number of fused-ring (bicyclic) bond motifs is 9. The molecule has 3 aromatic carbocycles. The quantitative estimate of drug-likeness (QED) is 0.196. The number of thiazole rings is 1. The maximum absolute atomic E-state index is 14.1. The molecule has 2 aliphatic carbocycles. The zero-order valence-corrected chi connectivity index (χ0v) is 29.3. The van der Waals surface area contributed by atoms with Gasteiger partial charge in [0.15, 0.2) is 6.61 Å². The number of hydrogen-bond acceptors (Lipinski definition) is 8. The van der Waals surface area contributed by atoms with Crippen molar-refractivity contribution in [1.29, 1.82) is 0 Å². The van der Waals surface area contributed by atoms with E-state index in [1.807, 2.05) is 6.07 Å². The van der Waals surface area contributed by atoms with E-state index in [0.29, 0.717) is 28.6 Å². The first-order valence-electron chi connectivity index (χ1n) is 15.7. The van der Waals surface area contributed by atoms with Crippen molar-refractivity contribution in [3.8, 4) is 11.5 Å². The Balaban J connectivity index is 1.12. The number of ether oxygens (including phenoxy) is 2. The number of amides is 3. The van der Waals surface area contributed by atoms with Gasteiger partial charge in [0.25, 0.3) is 5.91 Å². The fourth-order valence-electron chi connectivity index (χ4n) is 8.35. The molecule has 3 fully saturated rings. The van der Waals surface area contributed by atoms with E-state index >= 15 is 0 Å². The van der Waals surface area contributed by atoms with Crippen LogP contribution in [-0.2, 0) is 20.6 Å². The van der Waals surface area contributed by atoms with Crippen LogP contribution >= 0.6 is 39.0 Å². The first kappa shape index (κ1) is 33.1.